The summed E-state index contributed by atoms with van der Waals surface area (Å²) in [6, 6.07) is 10.3. The summed E-state index contributed by atoms with van der Waals surface area (Å²) in [4.78, 5) is 16.3. The molecule has 0 radical (unpaired) electrons. The number of hydrogen-bond donors (Lipinski definition) is 1. The minimum atomic E-state index is -0.841. The molecule has 3 rings (SSSR count). The fourth-order valence-corrected chi connectivity index (χ4v) is 2.83. The van der Waals surface area contributed by atoms with Crippen molar-refractivity contribution >= 4 is 34.5 Å². The Labute approximate surface area is 139 Å². The molecule has 0 bridgehead atoms. The van der Waals surface area contributed by atoms with Crippen LogP contribution in [0.2, 0.25) is 5.02 Å². The summed E-state index contributed by atoms with van der Waals surface area (Å²) < 4.78 is 27.1. The number of rotatable bonds is 3. The molecule has 3 nitrogen and oxygen atoms in total. The fourth-order valence-electron chi connectivity index (χ4n) is 1.90. The van der Waals surface area contributed by atoms with Crippen molar-refractivity contribution in [1.29, 1.82) is 0 Å². The van der Waals surface area contributed by atoms with Gasteiger partial charge in [0.05, 0.1) is 0 Å². The predicted octanol–water partition coefficient (Wildman–Crippen LogP) is 4.99. The zero-order valence-electron chi connectivity index (χ0n) is 11.5. The largest absolute Gasteiger partial charge is 0.316 e. The maximum absolute atomic E-state index is 13.5. The molecule has 1 aromatic heterocycles. The van der Waals surface area contributed by atoms with E-state index in [9.17, 15) is 13.6 Å². The molecule has 0 aliphatic carbocycles. The molecule has 0 aliphatic heterocycles. The Morgan fingerprint density at radius 3 is 2.39 bits per heavy atom. The Morgan fingerprint density at radius 2 is 1.74 bits per heavy atom. The van der Waals surface area contributed by atoms with Gasteiger partial charge in [-0.15, -0.1) is 11.3 Å². The first-order valence-corrected chi connectivity index (χ1v) is 7.77. The third-order valence-electron chi connectivity index (χ3n) is 3.03. The quantitative estimate of drug-likeness (QED) is 0.722. The second kappa shape index (κ2) is 6.44. The van der Waals surface area contributed by atoms with Crippen LogP contribution >= 0.6 is 22.9 Å². The zero-order chi connectivity index (χ0) is 16.4. The zero-order valence-corrected chi connectivity index (χ0v) is 13.1. The Balaban J connectivity index is 1.83. The molecule has 1 heterocycles. The van der Waals surface area contributed by atoms with Gasteiger partial charge in [0.25, 0.3) is 5.91 Å². The fraction of sp³-hybridized carbons (Fsp3) is 0. The summed E-state index contributed by atoms with van der Waals surface area (Å²) in [5.41, 5.74) is 0.400. The lowest BCUT2D eigenvalue weighted by Crippen LogP contribution is -2.14. The molecular weight excluding hydrogens is 342 g/mol. The second-order valence-electron chi connectivity index (χ2n) is 4.60. The normalized spacial score (nSPS) is 10.6. The Kier molecular flexibility index (Phi) is 4.36. The number of para-hydroxylation sites is 1. The maximum atomic E-state index is 13.5. The van der Waals surface area contributed by atoms with Gasteiger partial charge in [0.2, 0.25) is 0 Å². The van der Waals surface area contributed by atoms with Gasteiger partial charge in [-0.25, -0.2) is 13.8 Å². The highest BCUT2D eigenvalue weighted by Crippen LogP contribution is 2.26. The van der Waals surface area contributed by atoms with Crippen molar-refractivity contribution in [2.45, 2.75) is 0 Å². The minimum Gasteiger partial charge on any atom is -0.316 e. The summed E-state index contributed by atoms with van der Waals surface area (Å²) in [6.07, 6.45) is 0. The van der Waals surface area contributed by atoms with Gasteiger partial charge in [0.1, 0.15) is 28.0 Å². The minimum absolute atomic E-state index is 0.0857. The van der Waals surface area contributed by atoms with Crippen molar-refractivity contribution in [3.05, 3.63) is 70.2 Å². The van der Waals surface area contributed by atoms with E-state index in [1.807, 2.05) is 0 Å². The first-order valence-electron chi connectivity index (χ1n) is 6.51. The van der Waals surface area contributed by atoms with Crippen LogP contribution in [-0.4, -0.2) is 10.9 Å². The van der Waals surface area contributed by atoms with Crippen LogP contribution in [0.4, 0.5) is 14.5 Å². The lowest BCUT2D eigenvalue weighted by molar-refractivity contribution is 0.102. The number of nitrogens with one attached hydrogen (secondary N) is 1. The molecular formula is C16H9ClF2N2OS. The Hall–Kier alpha value is -2.31. The van der Waals surface area contributed by atoms with Gasteiger partial charge in [-0.3, -0.25) is 4.79 Å². The van der Waals surface area contributed by atoms with E-state index in [1.54, 1.807) is 24.3 Å². The van der Waals surface area contributed by atoms with E-state index < -0.39 is 23.2 Å². The van der Waals surface area contributed by atoms with E-state index in [1.165, 1.54) is 22.8 Å². The standard InChI is InChI=1S/C16H9ClF2N2OS/c17-10-6-4-9(5-7-10)16-20-13(8-23-16)15(22)21-14-11(18)2-1-3-12(14)19/h1-8H,(H,21,22). The number of benzene rings is 2. The maximum Gasteiger partial charge on any atom is 0.275 e. The van der Waals surface area contributed by atoms with E-state index >= 15 is 0 Å². The van der Waals surface area contributed by atoms with Crippen LogP contribution in [0.25, 0.3) is 10.6 Å². The number of aromatic nitrogens is 1. The van der Waals surface area contributed by atoms with Crippen LogP contribution in [0.15, 0.2) is 47.8 Å². The molecule has 3 aromatic rings. The van der Waals surface area contributed by atoms with Crippen LogP contribution in [0, 0.1) is 11.6 Å². The number of thiazole rings is 1. The topological polar surface area (TPSA) is 42.0 Å². The van der Waals surface area contributed by atoms with Gasteiger partial charge in [-0.2, -0.15) is 0 Å². The summed E-state index contributed by atoms with van der Waals surface area (Å²) in [6.45, 7) is 0. The van der Waals surface area contributed by atoms with Crippen LogP contribution < -0.4 is 5.32 Å². The molecule has 1 N–H and O–H groups in total. The first kappa shape index (κ1) is 15.6. The van der Waals surface area contributed by atoms with Crippen LogP contribution in [0.5, 0.6) is 0 Å². The predicted molar refractivity (Wildman–Crippen MR) is 86.9 cm³/mol. The van der Waals surface area contributed by atoms with Crippen LogP contribution in [-0.2, 0) is 0 Å². The molecule has 0 fully saturated rings. The number of anilines is 1. The van der Waals surface area contributed by atoms with E-state index in [4.69, 9.17) is 11.6 Å². The number of nitrogens with zero attached hydrogens (tertiary/aromatic N) is 1. The van der Waals surface area contributed by atoms with Crippen molar-refractivity contribution in [2.75, 3.05) is 5.32 Å². The average molecular weight is 351 g/mol. The number of carbonyl (C=O) groups excluding carboxylic acids is 1. The lowest BCUT2D eigenvalue weighted by atomic mass is 10.2. The molecule has 23 heavy (non-hydrogen) atoms. The van der Waals surface area contributed by atoms with Crippen molar-refractivity contribution in [3.8, 4) is 10.6 Å². The van der Waals surface area contributed by atoms with Gasteiger partial charge >= 0.3 is 0 Å². The number of amides is 1. The summed E-state index contributed by atoms with van der Waals surface area (Å²) in [5, 5.41) is 4.94. The Bertz CT molecular complexity index is 845. The van der Waals surface area contributed by atoms with E-state index in [0.717, 1.165) is 17.7 Å². The highest BCUT2D eigenvalue weighted by atomic mass is 35.5. The third kappa shape index (κ3) is 3.38. The monoisotopic (exact) mass is 350 g/mol. The second-order valence-corrected chi connectivity index (χ2v) is 5.89. The van der Waals surface area contributed by atoms with Gasteiger partial charge in [-0.05, 0) is 24.3 Å². The molecule has 0 unspecified atom stereocenters. The van der Waals surface area contributed by atoms with Crippen molar-refractivity contribution in [2.24, 2.45) is 0 Å². The molecule has 0 saturated heterocycles. The highest BCUT2D eigenvalue weighted by molar-refractivity contribution is 7.13. The SMILES string of the molecule is O=C(Nc1c(F)cccc1F)c1csc(-c2ccc(Cl)cc2)n1. The van der Waals surface area contributed by atoms with Crippen molar-refractivity contribution < 1.29 is 13.6 Å². The lowest BCUT2D eigenvalue weighted by Gasteiger charge is -2.05. The average Bonchev–Trinajstić information content (AvgIpc) is 3.02. The van der Waals surface area contributed by atoms with Crippen molar-refractivity contribution in [3.63, 3.8) is 0 Å². The molecule has 7 heteroatoms. The molecule has 0 saturated carbocycles. The van der Waals surface area contributed by atoms with Gasteiger partial charge in [0, 0.05) is 16.0 Å². The number of carbonyl (C=O) groups is 1. The summed E-state index contributed by atoms with van der Waals surface area (Å²) >= 11 is 7.08. The smallest absolute Gasteiger partial charge is 0.275 e. The highest BCUT2D eigenvalue weighted by Gasteiger charge is 2.16. The molecule has 116 valence electrons. The summed E-state index contributed by atoms with van der Waals surface area (Å²) in [5.74, 6) is -2.36. The molecule has 1 amide bonds. The molecule has 0 aliphatic rings. The van der Waals surface area contributed by atoms with Crippen molar-refractivity contribution in [1.82, 2.24) is 4.98 Å². The van der Waals surface area contributed by atoms with Gasteiger partial charge < -0.3 is 5.32 Å². The summed E-state index contributed by atoms with van der Waals surface area (Å²) in [7, 11) is 0. The Morgan fingerprint density at radius 1 is 1.09 bits per heavy atom. The first-order chi connectivity index (χ1) is 11.0. The third-order valence-corrected chi connectivity index (χ3v) is 4.17. The van der Waals surface area contributed by atoms with E-state index in [-0.39, 0.29) is 5.69 Å². The molecule has 0 spiro atoms. The molecule has 0 atom stereocenters. The van der Waals surface area contributed by atoms with E-state index in [0.29, 0.717) is 10.0 Å². The van der Waals surface area contributed by atoms with E-state index in [2.05, 4.69) is 10.3 Å². The number of hydrogen-bond acceptors (Lipinski definition) is 3. The number of halogens is 3. The van der Waals surface area contributed by atoms with Crippen LogP contribution in [0.3, 0.4) is 0 Å². The molecule has 2 aromatic carbocycles. The van der Waals surface area contributed by atoms with Gasteiger partial charge in [-0.1, -0.05) is 29.8 Å². The van der Waals surface area contributed by atoms with Gasteiger partial charge in [0.15, 0.2) is 0 Å². The van der Waals surface area contributed by atoms with Crippen LogP contribution in [0.1, 0.15) is 10.5 Å².